The van der Waals surface area contributed by atoms with Crippen LogP contribution in [0.5, 0.6) is 0 Å². The molecule has 5 nitrogen and oxygen atoms in total. The van der Waals surface area contributed by atoms with Crippen LogP contribution in [-0.2, 0) is 23.1 Å². The van der Waals surface area contributed by atoms with E-state index in [1.54, 1.807) is 0 Å². The second-order valence-electron chi connectivity index (χ2n) is 5.05. The summed E-state index contributed by atoms with van der Waals surface area (Å²) < 4.78 is 7.49. The molecule has 2 N–H and O–H groups in total. The summed E-state index contributed by atoms with van der Waals surface area (Å²) in [4.78, 5) is 12.2. The second kappa shape index (κ2) is 6.21. The first-order valence-corrected chi connectivity index (χ1v) is 6.83. The van der Waals surface area contributed by atoms with Crippen LogP contribution in [0.3, 0.4) is 0 Å². The molecule has 1 saturated heterocycles. The smallest absolute Gasteiger partial charge is 0.227 e. The molecule has 2 atom stereocenters. The van der Waals surface area contributed by atoms with Gasteiger partial charge in [0.25, 0.3) is 0 Å². The highest BCUT2D eigenvalue weighted by Crippen LogP contribution is 2.14. The van der Waals surface area contributed by atoms with Crippen LogP contribution in [0.2, 0.25) is 0 Å². The number of aryl methyl sites for hydroxylation is 1. The van der Waals surface area contributed by atoms with Crippen molar-refractivity contribution in [1.29, 1.82) is 0 Å². The number of ether oxygens (including phenoxy) is 1. The number of nitrogens with zero attached hydrogens (tertiary/aromatic N) is 1. The zero-order chi connectivity index (χ0) is 13.8. The van der Waals surface area contributed by atoms with Gasteiger partial charge in [-0.25, -0.2) is 0 Å². The van der Waals surface area contributed by atoms with Gasteiger partial charge in [0.15, 0.2) is 0 Å². The van der Waals surface area contributed by atoms with Gasteiger partial charge in [-0.3, -0.25) is 4.79 Å². The summed E-state index contributed by atoms with van der Waals surface area (Å²) >= 11 is 0. The minimum atomic E-state index is -0.0821. The number of hydrogen-bond acceptors (Lipinski definition) is 3. The Morgan fingerprint density at radius 3 is 2.89 bits per heavy atom. The molecule has 1 fully saturated rings. The molecule has 5 heteroatoms. The van der Waals surface area contributed by atoms with E-state index in [0.717, 1.165) is 12.2 Å². The fraction of sp³-hybridized carbons (Fsp3) is 0.643. The Morgan fingerprint density at radius 1 is 1.47 bits per heavy atom. The number of rotatable bonds is 5. The van der Waals surface area contributed by atoms with Gasteiger partial charge in [-0.1, -0.05) is 6.92 Å². The van der Waals surface area contributed by atoms with E-state index in [4.69, 9.17) is 4.74 Å². The van der Waals surface area contributed by atoms with E-state index in [-0.39, 0.29) is 17.9 Å². The zero-order valence-corrected chi connectivity index (χ0v) is 11.9. The highest BCUT2D eigenvalue weighted by Gasteiger charge is 2.33. The summed E-state index contributed by atoms with van der Waals surface area (Å²) in [5, 5.41) is 6.30. The summed E-state index contributed by atoms with van der Waals surface area (Å²) in [5.74, 6) is -0.0105. The molecule has 19 heavy (non-hydrogen) atoms. The van der Waals surface area contributed by atoms with Crippen molar-refractivity contribution in [3.8, 4) is 0 Å². The summed E-state index contributed by atoms with van der Waals surface area (Å²) in [6, 6.07) is 4.24. The molecule has 2 heterocycles. The first-order chi connectivity index (χ1) is 9.13. The molecule has 0 aliphatic carbocycles. The maximum atomic E-state index is 12.2. The third-order valence-electron chi connectivity index (χ3n) is 3.80. The first kappa shape index (κ1) is 14.1. The number of nitrogens with one attached hydrogen (secondary N) is 2. The molecule has 1 aromatic rings. The van der Waals surface area contributed by atoms with Crippen LogP contribution in [0.1, 0.15) is 18.3 Å². The lowest BCUT2D eigenvalue weighted by Gasteiger charge is -2.18. The fourth-order valence-electron chi connectivity index (χ4n) is 2.43. The maximum Gasteiger partial charge on any atom is 0.227 e. The van der Waals surface area contributed by atoms with Gasteiger partial charge in [0.2, 0.25) is 5.91 Å². The van der Waals surface area contributed by atoms with Crippen LogP contribution < -0.4 is 10.6 Å². The number of hydrogen-bond donors (Lipinski definition) is 2. The predicted molar refractivity (Wildman–Crippen MR) is 73.8 cm³/mol. The molecule has 1 aliphatic heterocycles. The van der Waals surface area contributed by atoms with Crippen molar-refractivity contribution in [2.24, 2.45) is 13.0 Å². The standard InChI is InChI=1S/C14H23N3O2/c1-4-15-13-9-19-8-12(13)14(18)16-7-11-6-5-10(2)17(11)3/h5-6,12-13,15H,4,7-9H2,1-3H3,(H,16,18). The van der Waals surface area contributed by atoms with Crippen LogP contribution >= 0.6 is 0 Å². The van der Waals surface area contributed by atoms with Crippen molar-refractivity contribution < 1.29 is 9.53 Å². The highest BCUT2D eigenvalue weighted by molar-refractivity contribution is 5.79. The summed E-state index contributed by atoms with van der Waals surface area (Å²) in [6.45, 7) is 6.65. The fourth-order valence-corrected chi connectivity index (χ4v) is 2.43. The van der Waals surface area contributed by atoms with Crippen molar-refractivity contribution >= 4 is 5.91 Å². The Morgan fingerprint density at radius 2 is 2.26 bits per heavy atom. The monoisotopic (exact) mass is 265 g/mol. The van der Waals surface area contributed by atoms with Crippen molar-refractivity contribution in [2.75, 3.05) is 19.8 Å². The van der Waals surface area contributed by atoms with Crippen molar-refractivity contribution in [3.63, 3.8) is 0 Å². The largest absolute Gasteiger partial charge is 0.379 e. The molecule has 2 unspecified atom stereocenters. The average Bonchev–Trinajstić information content (AvgIpc) is 2.97. The van der Waals surface area contributed by atoms with Crippen LogP contribution in [0.4, 0.5) is 0 Å². The summed E-state index contributed by atoms with van der Waals surface area (Å²) in [5.41, 5.74) is 2.31. The molecule has 0 bridgehead atoms. The molecule has 2 rings (SSSR count). The van der Waals surface area contributed by atoms with Gasteiger partial charge < -0.3 is 19.9 Å². The van der Waals surface area contributed by atoms with Gasteiger partial charge in [0.1, 0.15) is 0 Å². The molecular weight excluding hydrogens is 242 g/mol. The van der Waals surface area contributed by atoms with Gasteiger partial charge in [0.05, 0.1) is 25.7 Å². The van der Waals surface area contributed by atoms with Crippen LogP contribution in [0, 0.1) is 12.8 Å². The third-order valence-corrected chi connectivity index (χ3v) is 3.80. The molecule has 1 aliphatic rings. The number of carbonyl (C=O) groups excluding carboxylic acids is 1. The molecular formula is C14H23N3O2. The lowest BCUT2D eigenvalue weighted by Crippen LogP contribution is -2.43. The molecule has 0 radical (unpaired) electrons. The van der Waals surface area contributed by atoms with E-state index in [9.17, 15) is 4.79 Å². The summed E-state index contributed by atoms with van der Waals surface area (Å²) in [7, 11) is 2.01. The van der Waals surface area contributed by atoms with Gasteiger partial charge in [-0.15, -0.1) is 0 Å². The number of aromatic nitrogens is 1. The summed E-state index contributed by atoms with van der Waals surface area (Å²) in [6.07, 6.45) is 0. The number of likely N-dealkylation sites (N-methyl/N-ethyl adjacent to an activating group) is 1. The lowest BCUT2D eigenvalue weighted by atomic mass is 10.0. The predicted octanol–water partition coefficient (Wildman–Crippen LogP) is 0.574. The quantitative estimate of drug-likeness (QED) is 0.818. The van der Waals surface area contributed by atoms with E-state index < -0.39 is 0 Å². The lowest BCUT2D eigenvalue weighted by molar-refractivity contribution is -0.125. The normalized spacial score (nSPS) is 22.7. The number of carbonyl (C=O) groups is 1. The van der Waals surface area contributed by atoms with Gasteiger partial charge in [-0.2, -0.15) is 0 Å². The topological polar surface area (TPSA) is 55.3 Å². The van der Waals surface area contributed by atoms with E-state index >= 15 is 0 Å². The van der Waals surface area contributed by atoms with Crippen LogP contribution in [0.15, 0.2) is 12.1 Å². The Bertz CT molecular complexity index is 442. The average molecular weight is 265 g/mol. The Labute approximate surface area is 114 Å². The minimum absolute atomic E-state index is 0.0716. The SMILES string of the molecule is CCNC1COCC1C(=O)NCc1ccc(C)n1C. The van der Waals surface area contributed by atoms with E-state index in [1.165, 1.54) is 5.69 Å². The molecule has 0 saturated carbocycles. The van der Waals surface area contributed by atoms with E-state index in [0.29, 0.717) is 19.8 Å². The zero-order valence-electron chi connectivity index (χ0n) is 11.9. The van der Waals surface area contributed by atoms with Gasteiger partial charge in [0, 0.05) is 24.5 Å². The van der Waals surface area contributed by atoms with Crippen molar-refractivity contribution in [2.45, 2.75) is 26.4 Å². The minimum Gasteiger partial charge on any atom is -0.379 e. The van der Waals surface area contributed by atoms with Gasteiger partial charge in [-0.05, 0) is 25.6 Å². The van der Waals surface area contributed by atoms with E-state index in [2.05, 4.69) is 28.2 Å². The molecule has 106 valence electrons. The van der Waals surface area contributed by atoms with Crippen LogP contribution in [0.25, 0.3) is 0 Å². The Balaban J connectivity index is 1.89. The number of amides is 1. The van der Waals surface area contributed by atoms with E-state index in [1.807, 2.05) is 20.0 Å². The van der Waals surface area contributed by atoms with Gasteiger partial charge >= 0.3 is 0 Å². The van der Waals surface area contributed by atoms with Crippen LogP contribution in [-0.4, -0.2) is 36.3 Å². The third kappa shape index (κ3) is 3.16. The molecule has 1 aromatic heterocycles. The van der Waals surface area contributed by atoms with Crippen molar-refractivity contribution in [3.05, 3.63) is 23.5 Å². The molecule has 0 spiro atoms. The molecule has 0 aromatic carbocycles. The molecule has 1 amide bonds. The Kier molecular flexibility index (Phi) is 4.61. The van der Waals surface area contributed by atoms with Crippen molar-refractivity contribution in [1.82, 2.24) is 15.2 Å². The first-order valence-electron chi connectivity index (χ1n) is 6.83. The second-order valence-corrected chi connectivity index (χ2v) is 5.05. The highest BCUT2D eigenvalue weighted by atomic mass is 16.5. The Hall–Kier alpha value is -1.33. The maximum absolute atomic E-state index is 12.2.